The third-order valence-corrected chi connectivity index (χ3v) is 5.26. The van der Waals surface area contributed by atoms with Crippen molar-refractivity contribution in [2.75, 3.05) is 12.0 Å². The molecule has 1 heterocycles. The molecule has 0 fully saturated rings. The molecule has 0 atom stereocenters. The molecule has 0 radical (unpaired) electrons. The zero-order chi connectivity index (χ0) is 19.5. The van der Waals surface area contributed by atoms with Gasteiger partial charge in [-0.3, -0.25) is 4.79 Å². The van der Waals surface area contributed by atoms with Gasteiger partial charge in [-0.15, -0.1) is 0 Å². The summed E-state index contributed by atoms with van der Waals surface area (Å²) in [4.78, 5) is 19.7. The lowest BCUT2D eigenvalue weighted by Gasteiger charge is -2.22. The van der Waals surface area contributed by atoms with E-state index in [9.17, 15) is 10.1 Å². The molecule has 0 aliphatic heterocycles. The van der Waals surface area contributed by atoms with Crippen molar-refractivity contribution in [2.24, 2.45) is 0 Å². The number of anilines is 2. The predicted octanol–water partition coefficient (Wildman–Crippen LogP) is 5.16. The molecule has 136 valence electrons. The van der Waals surface area contributed by atoms with Gasteiger partial charge in [-0.25, -0.2) is 9.88 Å². The monoisotopic (exact) mass is 385 g/mol. The van der Waals surface area contributed by atoms with Crippen molar-refractivity contribution in [1.82, 2.24) is 4.98 Å². The molecule has 0 aliphatic rings. The molecule has 0 saturated heterocycles. The van der Waals surface area contributed by atoms with Gasteiger partial charge in [0.2, 0.25) is 0 Å². The summed E-state index contributed by atoms with van der Waals surface area (Å²) in [6.07, 6.45) is 0. The number of nitrogens with zero attached hydrogens (tertiary/aromatic N) is 3. The van der Waals surface area contributed by atoms with Crippen LogP contribution >= 0.6 is 11.3 Å². The molecule has 0 unspecified atom stereocenters. The van der Waals surface area contributed by atoms with Crippen molar-refractivity contribution < 1.29 is 9.53 Å². The second-order valence-electron chi connectivity index (χ2n) is 5.97. The summed E-state index contributed by atoms with van der Waals surface area (Å²) < 4.78 is 6.47. The van der Waals surface area contributed by atoms with E-state index in [1.54, 1.807) is 42.3 Å². The average molecular weight is 385 g/mol. The van der Waals surface area contributed by atoms with Crippen LogP contribution in [0.25, 0.3) is 10.2 Å². The Balaban J connectivity index is 1.90. The molecule has 1 aromatic heterocycles. The van der Waals surface area contributed by atoms with Crippen molar-refractivity contribution >= 4 is 38.3 Å². The van der Waals surface area contributed by atoms with Crippen molar-refractivity contribution in [1.29, 1.82) is 5.26 Å². The molecule has 5 nitrogen and oxygen atoms in total. The molecule has 4 aromatic rings. The lowest BCUT2D eigenvalue weighted by atomic mass is 10.1. The molecular formula is C22H15N3O2S. The summed E-state index contributed by atoms with van der Waals surface area (Å²) in [5.74, 6) is 0.284. The van der Waals surface area contributed by atoms with Crippen LogP contribution in [0.5, 0.6) is 5.75 Å². The summed E-state index contributed by atoms with van der Waals surface area (Å²) in [6.45, 7) is 0. The lowest BCUT2D eigenvalue weighted by molar-refractivity contribution is 0.0998. The van der Waals surface area contributed by atoms with Crippen LogP contribution < -0.4 is 9.64 Å². The molecule has 28 heavy (non-hydrogen) atoms. The fourth-order valence-corrected chi connectivity index (χ4v) is 3.90. The third kappa shape index (κ3) is 3.20. The van der Waals surface area contributed by atoms with Crippen molar-refractivity contribution in [2.45, 2.75) is 0 Å². The first-order valence-electron chi connectivity index (χ1n) is 8.54. The first kappa shape index (κ1) is 17.7. The fourth-order valence-electron chi connectivity index (χ4n) is 2.92. The zero-order valence-corrected chi connectivity index (χ0v) is 15.8. The number of thiazole rings is 1. The highest BCUT2D eigenvalue weighted by Crippen LogP contribution is 2.38. The molecule has 3 aromatic carbocycles. The minimum absolute atomic E-state index is 0.277. The van der Waals surface area contributed by atoms with Gasteiger partial charge in [0, 0.05) is 5.56 Å². The highest BCUT2D eigenvalue weighted by atomic mass is 32.1. The van der Waals surface area contributed by atoms with Gasteiger partial charge < -0.3 is 4.74 Å². The number of hydrogen-bond donors (Lipinski definition) is 0. The number of para-hydroxylation sites is 3. The number of nitriles is 1. The number of carbonyl (C=O) groups is 1. The minimum Gasteiger partial charge on any atom is -0.495 e. The number of fused-ring (bicyclic) bond motifs is 1. The van der Waals surface area contributed by atoms with Gasteiger partial charge in [-0.05, 0) is 42.5 Å². The van der Waals surface area contributed by atoms with Crippen LogP contribution in [0.1, 0.15) is 15.9 Å². The molecule has 0 spiro atoms. The van der Waals surface area contributed by atoms with Gasteiger partial charge in [-0.1, -0.05) is 41.7 Å². The third-order valence-electron chi connectivity index (χ3n) is 4.24. The second kappa shape index (κ2) is 7.51. The molecular weight excluding hydrogens is 370 g/mol. The van der Waals surface area contributed by atoms with Crippen LogP contribution in [0.2, 0.25) is 0 Å². The van der Waals surface area contributed by atoms with E-state index in [1.807, 2.05) is 42.5 Å². The van der Waals surface area contributed by atoms with E-state index >= 15 is 0 Å². The summed E-state index contributed by atoms with van der Waals surface area (Å²) in [5, 5.41) is 9.73. The maximum atomic E-state index is 13.5. The number of aromatic nitrogens is 1. The Morgan fingerprint density at radius 3 is 2.64 bits per heavy atom. The van der Waals surface area contributed by atoms with E-state index < -0.39 is 0 Å². The average Bonchev–Trinajstić information content (AvgIpc) is 3.17. The molecule has 0 saturated carbocycles. The Morgan fingerprint density at radius 2 is 1.86 bits per heavy atom. The smallest absolute Gasteiger partial charge is 0.264 e. The number of hydrogen-bond acceptors (Lipinski definition) is 5. The standard InChI is InChI=1S/C22H15N3O2S/c1-27-19-11-4-3-10-18(19)25(21(26)16-8-6-7-15(13-16)14-23)22-24-17-9-2-5-12-20(17)28-22/h2-13H,1H3. The van der Waals surface area contributed by atoms with Gasteiger partial charge in [-0.2, -0.15) is 5.26 Å². The van der Waals surface area contributed by atoms with E-state index in [2.05, 4.69) is 11.1 Å². The summed E-state index contributed by atoms with van der Waals surface area (Å²) in [6, 6.07) is 23.8. The normalized spacial score (nSPS) is 10.4. The molecule has 0 aliphatic carbocycles. The van der Waals surface area contributed by atoms with E-state index in [4.69, 9.17) is 4.74 Å². The summed E-state index contributed by atoms with van der Waals surface area (Å²) in [5.41, 5.74) is 2.25. The Hall–Kier alpha value is -3.69. The Bertz CT molecular complexity index is 1180. The quantitative estimate of drug-likeness (QED) is 0.487. The van der Waals surface area contributed by atoms with Crippen LogP contribution in [-0.2, 0) is 0 Å². The Labute approximate surface area is 166 Å². The zero-order valence-electron chi connectivity index (χ0n) is 15.0. The van der Waals surface area contributed by atoms with Crippen LogP contribution in [0.4, 0.5) is 10.8 Å². The maximum Gasteiger partial charge on any atom is 0.264 e. The van der Waals surface area contributed by atoms with Crippen LogP contribution in [0, 0.1) is 11.3 Å². The topological polar surface area (TPSA) is 66.2 Å². The van der Waals surface area contributed by atoms with Crippen LogP contribution in [0.15, 0.2) is 72.8 Å². The van der Waals surface area contributed by atoms with E-state index in [0.29, 0.717) is 27.7 Å². The molecule has 4 rings (SSSR count). The predicted molar refractivity (Wildman–Crippen MR) is 110 cm³/mol. The number of methoxy groups -OCH3 is 1. The summed E-state index contributed by atoms with van der Waals surface area (Å²) in [7, 11) is 1.57. The number of rotatable bonds is 4. The fraction of sp³-hybridized carbons (Fsp3) is 0.0455. The lowest BCUT2D eigenvalue weighted by Crippen LogP contribution is -2.26. The Kier molecular flexibility index (Phi) is 4.75. The molecule has 1 amide bonds. The van der Waals surface area contributed by atoms with E-state index in [0.717, 1.165) is 10.2 Å². The van der Waals surface area contributed by atoms with Gasteiger partial charge in [0.05, 0.1) is 34.6 Å². The van der Waals surface area contributed by atoms with E-state index in [-0.39, 0.29) is 5.91 Å². The number of amides is 1. The van der Waals surface area contributed by atoms with Crippen molar-refractivity contribution in [3.05, 3.63) is 83.9 Å². The maximum absolute atomic E-state index is 13.5. The second-order valence-corrected chi connectivity index (χ2v) is 6.98. The highest BCUT2D eigenvalue weighted by Gasteiger charge is 2.26. The highest BCUT2D eigenvalue weighted by molar-refractivity contribution is 7.22. The largest absolute Gasteiger partial charge is 0.495 e. The van der Waals surface area contributed by atoms with Gasteiger partial charge in [0.1, 0.15) is 5.75 Å². The van der Waals surface area contributed by atoms with Crippen molar-refractivity contribution in [3.63, 3.8) is 0 Å². The van der Waals surface area contributed by atoms with Crippen LogP contribution in [-0.4, -0.2) is 18.0 Å². The molecule has 6 heteroatoms. The van der Waals surface area contributed by atoms with Crippen LogP contribution in [0.3, 0.4) is 0 Å². The first-order chi connectivity index (χ1) is 13.7. The number of ether oxygens (including phenoxy) is 1. The van der Waals surface area contributed by atoms with Gasteiger partial charge in [0.25, 0.3) is 5.91 Å². The number of carbonyl (C=O) groups excluding carboxylic acids is 1. The van der Waals surface area contributed by atoms with Gasteiger partial charge in [0.15, 0.2) is 5.13 Å². The number of benzene rings is 3. The van der Waals surface area contributed by atoms with E-state index in [1.165, 1.54) is 11.3 Å². The summed E-state index contributed by atoms with van der Waals surface area (Å²) >= 11 is 1.43. The molecule has 0 N–H and O–H groups in total. The van der Waals surface area contributed by atoms with Gasteiger partial charge >= 0.3 is 0 Å². The Morgan fingerprint density at radius 1 is 1.07 bits per heavy atom. The van der Waals surface area contributed by atoms with Crippen molar-refractivity contribution in [3.8, 4) is 11.8 Å². The molecule has 0 bridgehead atoms. The minimum atomic E-state index is -0.277. The first-order valence-corrected chi connectivity index (χ1v) is 9.36. The SMILES string of the molecule is COc1ccccc1N(C(=O)c1cccc(C#N)c1)c1nc2ccccc2s1.